The molecule has 0 amide bonds. The molecule has 0 atom stereocenters. The van der Waals surface area contributed by atoms with E-state index in [0.717, 1.165) is 128 Å². The Kier molecular flexibility index (Phi) is 13.7. The second kappa shape index (κ2) is 21.7. The molecule has 0 spiro atoms. The van der Waals surface area contributed by atoms with Crippen LogP contribution in [-0.4, -0.2) is 0 Å². The van der Waals surface area contributed by atoms with Gasteiger partial charge in [-0.3, -0.25) is 0 Å². The molecule has 0 N–H and O–H groups in total. The number of allylic oxidation sites excluding steroid dienone is 1. The number of anilines is 6. The van der Waals surface area contributed by atoms with Gasteiger partial charge in [0.1, 0.15) is 11.3 Å². The molecule has 430 valence electrons. The summed E-state index contributed by atoms with van der Waals surface area (Å²) >= 11 is 0. The third-order valence-corrected chi connectivity index (χ3v) is 18.1. The largest absolute Gasteiger partial charge is 0.454 e. The highest BCUT2D eigenvalue weighted by Crippen LogP contribution is 2.62. The lowest BCUT2D eigenvalue weighted by Crippen LogP contribution is -2.19. The van der Waals surface area contributed by atoms with Crippen molar-refractivity contribution >= 4 is 79.2 Å². The van der Waals surface area contributed by atoms with E-state index >= 15 is 0 Å². The molecule has 2 heterocycles. The third kappa shape index (κ3) is 9.47. The fraction of sp³-hybridized carbons (Fsp3) is 0.143. The van der Waals surface area contributed by atoms with Crippen molar-refractivity contribution in [1.29, 1.82) is 0 Å². The van der Waals surface area contributed by atoms with Crippen LogP contribution in [0.15, 0.2) is 264 Å². The minimum atomic E-state index is -0.587. The summed E-state index contributed by atoms with van der Waals surface area (Å²) in [4.78, 5) is 4.91. The molecule has 0 saturated carbocycles. The van der Waals surface area contributed by atoms with Crippen LogP contribution in [0.3, 0.4) is 0 Å². The van der Waals surface area contributed by atoms with E-state index in [-0.39, 0.29) is 10.8 Å². The fourth-order valence-corrected chi connectivity index (χ4v) is 13.5. The molecule has 88 heavy (non-hydrogen) atoms. The fourth-order valence-electron chi connectivity index (χ4n) is 13.5. The topological polar surface area (TPSA) is 32.8 Å². The van der Waals surface area contributed by atoms with E-state index in [1.807, 2.05) is 6.08 Å². The lowest BCUT2D eigenvalue weighted by atomic mass is 9.81. The van der Waals surface area contributed by atoms with Crippen LogP contribution in [0.1, 0.15) is 95.9 Å². The molecule has 0 fully saturated rings. The quantitative estimate of drug-likeness (QED) is 0.122. The van der Waals surface area contributed by atoms with Crippen molar-refractivity contribution in [1.82, 2.24) is 0 Å². The Labute approximate surface area is 518 Å². The van der Waals surface area contributed by atoms with Crippen LogP contribution < -0.4 is 9.80 Å². The number of furan rings is 2. The summed E-state index contributed by atoms with van der Waals surface area (Å²) in [5.74, 6) is 0.710. The number of rotatable bonds is 12. The Bertz CT molecular complexity index is 4820. The van der Waals surface area contributed by atoms with Gasteiger partial charge >= 0.3 is 0 Å². The number of nitrogens with zero attached hydrogens (tertiary/aromatic N) is 2. The van der Waals surface area contributed by atoms with Gasteiger partial charge in [-0.1, -0.05) is 250 Å². The molecule has 4 heteroatoms. The smallest absolute Gasteiger partial charge is 0.160 e. The first-order chi connectivity index (χ1) is 42.6. The van der Waals surface area contributed by atoms with Crippen LogP contribution in [0, 0.1) is 0 Å². The number of para-hydroxylation sites is 1. The van der Waals surface area contributed by atoms with Crippen LogP contribution in [0.2, 0.25) is 0 Å². The molecule has 1 aliphatic carbocycles. The third-order valence-electron chi connectivity index (χ3n) is 18.1. The Balaban J connectivity index is 1.09. The molecular formula is C84H72N2O2. The Morgan fingerprint density at radius 2 is 0.818 bits per heavy atom. The van der Waals surface area contributed by atoms with Gasteiger partial charge in [-0.25, -0.2) is 0 Å². The summed E-state index contributed by atoms with van der Waals surface area (Å²) in [5, 5.41) is 3.14. The highest BCUT2D eigenvalue weighted by atomic mass is 16.3. The number of hydrogen-bond acceptors (Lipinski definition) is 4. The Morgan fingerprint density at radius 1 is 0.409 bits per heavy atom. The highest BCUT2D eigenvalue weighted by molar-refractivity contribution is 6.24. The van der Waals surface area contributed by atoms with Gasteiger partial charge in [0.15, 0.2) is 11.2 Å². The predicted octanol–water partition coefficient (Wildman–Crippen LogP) is 24.5. The maximum absolute atomic E-state index is 7.45. The molecule has 0 unspecified atom stereocenters. The van der Waals surface area contributed by atoms with E-state index < -0.39 is 5.41 Å². The van der Waals surface area contributed by atoms with E-state index in [9.17, 15) is 0 Å². The maximum atomic E-state index is 7.45. The van der Waals surface area contributed by atoms with Gasteiger partial charge in [0, 0.05) is 49.6 Å². The summed E-state index contributed by atoms with van der Waals surface area (Å²) in [6.45, 7) is 25.0. The first kappa shape index (κ1) is 55.7. The van der Waals surface area contributed by atoms with Crippen molar-refractivity contribution < 1.29 is 8.83 Å². The van der Waals surface area contributed by atoms with Gasteiger partial charge < -0.3 is 18.6 Å². The first-order valence-corrected chi connectivity index (χ1v) is 30.8. The van der Waals surface area contributed by atoms with Gasteiger partial charge in [-0.2, -0.15) is 0 Å². The van der Waals surface area contributed by atoms with Crippen molar-refractivity contribution in [2.75, 3.05) is 9.80 Å². The predicted molar refractivity (Wildman–Crippen MR) is 374 cm³/mol. The lowest BCUT2D eigenvalue weighted by Gasteiger charge is -2.31. The standard InChI is InChI=1S/C84H72N2O2/c1-11-27-64-74(12-2)87-80-72(85(62-44-40-60(41-45-62)82(3,4)5)70-48-38-58(54-28-17-13-18-29-54)50-66(70)56-32-21-15-22-33-56)52-68-78(76(64)80)79-69(84(68,9)10)53-73(81-77(79)65-36-25-26-37-75(65)88-81)86(63-46-42-61(43-47-63)83(6,7)8)71-49-39-59(55-30-19-14-20-31-55)51-67(71)57-34-23-16-24-35-57/h11-53H,2H2,1,3-10H3/b27-11-. The van der Waals surface area contributed by atoms with Crippen LogP contribution in [0.25, 0.3) is 101 Å². The van der Waals surface area contributed by atoms with Crippen molar-refractivity contribution in [2.45, 2.75) is 78.6 Å². The summed E-state index contributed by atoms with van der Waals surface area (Å²) < 4.78 is 14.9. The molecule has 1 aliphatic rings. The first-order valence-electron chi connectivity index (χ1n) is 30.8. The zero-order valence-electron chi connectivity index (χ0n) is 51.7. The second-order valence-electron chi connectivity index (χ2n) is 26.0. The lowest BCUT2D eigenvalue weighted by molar-refractivity contribution is 0.590. The monoisotopic (exact) mass is 1140 g/mol. The molecule has 0 bridgehead atoms. The molecular weight excluding hydrogens is 1070 g/mol. The van der Waals surface area contributed by atoms with Crippen molar-refractivity contribution in [2.24, 2.45) is 0 Å². The minimum Gasteiger partial charge on any atom is -0.454 e. The van der Waals surface area contributed by atoms with Crippen LogP contribution in [-0.2, 0) is 16.2 Å². The molecule has 11 aromatic carbocycles. The van der Waals surface area contributed by atoms with Gasteiger partial charge in [0.2, 0.25) is 0 Å². The summed E-state index contributed by atoms with van der Waals surface area (Å²) in [6, 6.07) is 88.7. The van der Waals surface area contributed by atoms with Crippen molar-refractivity contribution in [3.8, 4) is 55.6 Å². The summed E-state index contributed by atoms with van der Waals surface area (Å²) in [5.41, 5.74) is 24.9. The summed E-state index contributed by atoms with van der Waals surface area (Å²) in [6.07, 6.45) is 6.20. The Hall–Kier alpha value is -10.2. The Morgan fingerprint density at radius 3 is 1.25 bits per heavy atom. The number of fused-ring (bicyclic) bond motifs is 9. The van der Waals surface area contributed by atoms with Crippen molar-refractivity contribution in [3.05, 3.63) is 289 Å². The molecule has 4 nitrogen and oxygen atoms in total. The van der Waals surface area contributed by atoms with Crippen molar-refractivity contribution in [3.63, 3.8) is 0 Å². The van der Waals surface area contributed by atoms with Crippen LogP contribution >= 0.6 is 0 Å². The SMILES string of the molecule is C=Cc1oc2c(N(c3ccc(C(C)(C)C)cc3)c3ccc(-c4ccccc4)cc3-c3ccccc3)cc3c(c2c1/C=C\C)-c1c(cc(N(c2ccc(C(C)(C)C)cc2)c2ccc(-c4ccccc4)cc2-c2ccccc2)c2oc4ccccc4c12)C3(C)C. The van der Waals surface area contributed by atoms with Gasteiger partial charge in [-0.15, -0.1) is 0 Å². The molecule has 0 radical (unpaired) electrons. The molecule has 13 aromatic rings. The van der Waals surface area contributed by atoms with E-state index in [2.05, 4.69) is 333 Å². The van der Waals surface area contributed by atoms with E-state index in [0.29, 0.717) is 5.76 Å². The minimum absolute atomic E-state index is 0.0556. The summed E-state index contributed by atoms with van der Waals surface area (Å²) in [7, 11) is 0. The van der Waals surface area contributed by atoms with Gasteiger partial charge in [-0.05, 0) is 157 Å². The maximum Gasteiger partial charge on any atom is 0.160 e. The van der Waals surface area contributed by atoms with Crippen LogP contribution in [0.4, 0.5) is 34.1 Å². The van der Waals surface area contributed by atoms with Crippen LogP contribution in [0.5, 0.6) is 0 Å². The number of hydrogen-bond donors (Lipinski definition) is 0. The average Bonchev–Trinajstić information content (AvgIpc) is 1.52. The van der Waals surface area contributed by atoms with E-state index in [1.54, 1.807) is 0 Å². The van der Waals surface area contributed by atoms with E-state index in [1.165, 1.54) is 22.3 Å². The van der Waals surface area contributed by atoms with E-state index in [4.69, 9.17) is 8.83 Å². The highest BCUT2D eigenvalue weighted by Gasteiger charge is 2.43. The average molecular weight is 1140 g/mol. The second-order valence-corrected chi connectivity index (χ2v) is 26.0. The van der Waals surface area contributed by atoms with Gasteiger partial charge in [0.05, 0.1) is 22.7 Å². The zero-order chi connectivity index (χ0) is 60.6. The zero-order valence-corrected chi connectivity index (χ0v) is 51.7. The molecule has 0 saturated heterocycles. The molecule has 2 aromatic heterocycles. The van der Waals surface area contributed by atoms with Gasteiger partial charge in [0.25, 0.3) is 0 Å². The molecule has 14 rings (SSSR count). The molecule has 0 aliphatic heterocycles. The normalized spacial score (nSPS) is 12.9. The number of benzene rings is 11.